The zero-order chi connectivity index (χ0) is 18.4. The van der Waals surface area contributed by atoms with Crippen molar-refractivity contribution in [2.45, 2.75) is 6.54 Å². The molecule has 0 fully saturated rings. The highest BCUT2D eigenvalue weighted by molar-refractivity contribution is 6.31. The monoisotopic (exact) mass is 369 g/mol. The van der Waals surface area contributed by atoms with Gasteiger partial charge in [-0.1, -0.05) is 17.7 Å². The summed E-state index contributed by atoms with van der Waals surface area (Å²) in [6.07, 6.45) is 2.99. The highest BCUT2D eigenvalue weighted by Gasteiger charge is 2.11. The fourth-order valence-electron chi connectivity index (χ4n) is 2.23. The summed E-state index contributed by atoms with van der Waals surface area (Å²) < 4.78 is 5.29. The minimum Gasteiger partial charge on any atom is -0.495 e. The van der Waals surface area contributed by atoms with Gasteiger partial charge in [-0.05, 0) is 30.3 Å². The summed E-state index contributed by atoms with van der Waals surface area (Å²) in [7, 11) is 1.56. The Bertz CT molecular complexity index is 905. The van der Waals surface area contributed by atoms with E-state index in [1.54, 1.807) is 37.6 Å². The molecular formula is C18H16ClN5O2. The molecule has 0 aliphatic rings. The smallest absolute Gasteiger partial charge is 0.270 e. The molecule has 0 bridgehead atoms. The summed E-state index contributed by atoms with van der Waals surface area (Å²) in [4.78, 5) is 24.6. The highest BCUT2D eigenvalue weighted by Crippen LogP contribution is 2.29. The predicted molar refractivity (Wildman–Crippen MR) is 98.7 cm³/mol. The van der Waals surface area contributed by atoms with Crippen LogP contribution in [0.3, 0.4) is 0 Å². The molecule has 1 amide bonds. The number of benzene rings is 1. The number of aromatic nitrogens is 3. The van der Waals surface area contributed by atoms with E-state index in [0.717, 1.165) is 5.69 Å². The van der Waals surface area contributed by atoms with E-state index in [4.69, 9.17) is 16.3 Å². The standard InChI is InChI=1S/C18H16ClN5O2/c1-26-16-6-5-12(19)8-14(16)24-17-9-15(22-11-23-17)18(25)21-10-13-4-2-3-7-20-13/h2-9,11H,10H2,1H3,(H,21,25)(H,22,23,24). The first-order chi connectivity index (χ1) is 12.7. The van der Waals surface area contributed by atoms with Gasteiger partial charge in [0, 0.05) is 17.3 Å². The van der Waals surface area contributed by atoms with Gasteiger partial charge in [0.25, 0.3) is 5.91 Å². The third-order valence-electron chi connectivity index (χ3n) is 3.48. The Balaban J connectivity index is 1.72. The Kier molecular flexibility index (Phi) is 5.60. The van der Waals surface area contributed by atoms with E-state index in [9.17, 15) is 4.79 Å². The van der Waals surface area contributed by atoms with E-state index in [0.29, 0.717) is 28.8 Å². The maximum absolute atomic E-state index is 12.3. The molecule has 2 heterocycles. The Morgan fingerprint density at radius 3 is 2.81 bits per heavy atom. The van der Waals surface area contributed by atoms with Gasteiger partial charge in [0.15, 0.2) is 0 Å². The molecule has 7 nitrogen and oxygen atoms in total. The van der Waals surface area contributed by atoms with Gasteiger partial charge in [-0.15, -0.1) is 0 Å². The number of hydrogen-bond donors (Lipinski definition) is 2. The number of carbonyl (C=O) groups excluding carboxylic acids is 1. The highest BCUT2D eigenvalue weighted by atomic mass is 35.5. The zero-order valence-corrected chi connectivity index (χ0v) is 14.7. The quantitative estimate of drug-likeness (QED) is 0.693. The molecule has 0 unspecified atom stereocenters. The number of carbonyl (C=O) groups is 1. The molecule has 0 atom stereocenters. The van der Waals surface area contributed by atoms with Gasteiger partial charge in [-0.3, -0.25) is 9.78 Å². The van der Waals surface area contributed by atoms with Crippen LogP contribution in [0.25, 0.3) is 0 Å². The first-order valence-electron chi connectivity index (χ1n) is 7.76. The third kappa shape index (κ3) is 4.46. The number of anilines is 2. The molecule has 26 heavy (non-hydrogen) atoms. The van der Waals surface area contributed by atoms with Gasteiger partial charge in [-0.25, -0.2) is 9.97 Å². The van der Waals surface area contributed by atoms with E-state index in [-0.39, 0.29) is 11.6 Å². The summed E-state index contributed by atoms with van der Waals surface area (Å²) in [5, 5.41) is 6.40. The largest absolute Gasteiger partial charge is 0.495 e. The first kappa shape index (κ1) is 17.6. The lowest BCUT2D eigenvalue weighted by Crippen LogP contribution is -2.24. The van der Waals surface area contributed by atoms with Gasteiger partial charge in [-0.2, -0.15) is 0 Å². The van der Waals surface area contributed by atoms with E-state index < -0.39 is 0 Å². The van der Waals surface area contributed by atoms with Crippen LogP contribution in [0.5, 0.6) is 5.75 Å². The number of rotatable bonds is 6. The summed E-state index contributed by atoms with van der Waals surface area (Å²) in [6.45, 7) is 0.314. The van der Waals surface area contributed by atoms with Crippen molar-refractivity contribution in [3.63, 3.8) is 0 Å². The second-order valence-corrected chi connectivity index (χ2v) is 5.70. The number of nitrogens with one attached hydrogen (secondary N) is 2. The van der Waals surface area contributed by atoms with Crippen molar-refractivity contribution in [2.24, 2.45) is 0 Å². The molecule has 0 saturated heterocycles. The van der Waals surface area contributed by atoms with E-state index in [2.05, 4.69) is 25.6 Å². The van der Waals surface area contributed by atoms with Crippen molar-refractivity contribution >= 4 is 29.0 Å². The van der Waals surface area contributed by atoms with Crippen LogP contribution in [0.15, 0.2) is 55.0 Å². The number of pyridine rings is 1. The lowest BCUT2D eigenvalue weighted by atomic mass is 10.2. The average molecular weight is 370 g/mol. The topological polar surface area (TPSA) is 89.0 Å². The lowest BCUT2D eigenvalue weighted by Gasteiger charge is -2.11. The Morgan fingerprint density at radius 1 is 1.15 bits per heavy atom. The zero-order valence-electron chi connectivity index (χ0n) is 13.9. The molecule has 132 valence electrons. The van der Waals surface area contributed by atoms with Crippen molar-refractivity contribution in [2.75, 3.05) is 12.4 Å². The van der Waals surface area contributed by atoms with Crippen LogP contribution in [0, 0.1) is 0 Å². The SMILES string of the molecule is COc1ccc(Cl)cc1Nc1cc(C(=O)NCc2ccccn2)ncn1. The maximum atomic E-state index is 12.3. The van der Waals surface area contributed by atoms with Crippen molar-refractivity contribution in [1.29, 1.82) is 0 Å². The van der Waals surface area contributed by atoms with Gasteiger partial charge in [0.2, 0.25) is 0 Å². The molecule has 0 aliphatic carbocycles. The third-order valence-corrected chi connectivity index (χ3v) is 3.72. The maximum Gasteiger partial charge on any atom is 0.270 e. The molecule has 1 aromatic carbocycles. The molecule has 0 radical (unpaired) electrons. The molecule has 0 spiro atoms. The van der Waals surface area contributed by atoms with Crippen LogP contribution in [0.2, 0.25) is 5.02 Å². The van der Waals surface area contributed by atoms with E-state index in [1.165, 1.54) is 6.33 Å². The minimum atomic E-state index is -0.320. The van der Waals surface area contributed by atoms with E-state index >= 15 is 0 Å². The van der Waals surface area contributed by atoms with Gasteiger partial charge in [0.05, 0.1) is 25.0 Å². The van der Waals surface area contributed by atoms with Crippen LogP contribution in [0.1, 0.15) is 16.2 Å². The molecular weight excluding hydrogens is 354 g/mol. The minimum absolute atomic E-state index is 0.236. The van der Waals surface area contributed by atoms with Crippen LogP contribution in [-0.4, -0.2) is 28.0 Å². The number of ether oxygens (including phenoxy) is 1. The Hall–Kier alpha value is -3.19. The van der Waals surface area contributed by atoms with Crippen LogP contribution >= 0.6 is 11.6 Å². The fourth-order valence-corrected chi connectivity index (χ4v) is 2.40. The summed E-state index contributed by atoms with van der Waals surface area (Å²) >= 11 is 6.02. The molecule has 2 N–H and O–H groups in total. The molecule has 0 aliphatic heterocycles. The first-order valence-corrected chi connectivity index (χ1v) is 8.14. The molecule has 0 saturated carbocycles. The van der Waals surface area contributed by atoms with Gasteiger partial charge < -0.3 is 15.4 Å². The van der Waals surface area contributed by atoms with Crippen LogP contribution in [-0.2, 0) is 6.54 Å². The fraction of sp³-hybridized carbons (Fsp3) is 0.111. The summed E-state index contributed by atoms with van der Waals surface area (Å²) in [6, 6.07) is 12.2. The molecule has 8 heteroatoms. The summed E-state index contributed by atoms with van der Waals surface area (Å²) in [5.41, 5.74) is 1.63. The normalized spacial score (nSPS) is 10.2. The second kappa shape index (κ2) is 8.26. The number of amides is 1. The second-order valence-electron chi connectivity index (χ2n) is 5.26. The average Bonchev–Trinajstić information content (AvgIpc) is 2.67. The number of halogens is 1. The summed E-state index contributed by atoms with van der Waals surface area (Å²) in [5.74, 6) is 0.733. The van der Waals surface area contributed by atoms with Crippen molar-refractivity contribution in [3.8, 4) is 5.75 Å². The number of hydrogen-bond acceptors (Lipinski definition) is 6. The van der Waals surface area contributed by atoms with Crippen molar-refractivity contribution < 1.29 is 9.53 Å². The van der Waals surface area contributed by atoms with E-state index in [1.807, 2.05) is 18.2 Å². The van der Waals surface area contributed by atoms with Crippen LogP contribution < -0.4 is 15.4 Å². The van der Waals surface area contributed by atoms with Crippen molar-refractivity contribution in [3.05, 3.63) is 71.4 Å². The molecule has 2 aromatic heterocycles. The predicted octanol–water partition coefficient (Wildman–Crippen LogP) is 3.21. The van der Waals surface area contributed by atoms with Crippen LogP contribution in [0.4, 0.5) is 11.5 Å². The van der Waals surface area contributed by atoms with Gasteiger partial charge >= 0.3 is 0 Å². The van der Waals surface area contributed by atoms with Crippen molar-refractivity contribution in [1.82, 2.24) is 20.3 Å². The number of nitrogens with zero attached hydrogens (tertiary/aromatic N) is 3. The lowest BCUT2D eigenvalue weighted by molar-refractivity contribution is 0.0945. The van der Waals surface area contributed by atoms with Gasteiger partial charge in [0.1, 0.15) is 23.6 Å². The molecule has 3 aromatic rings. The Morgan fingerprint density at radius 2 is 2.04 bits per heavy atom. The Labute approximate surface area is 155 Å². The molecule has 3 rings (SSSR count). The number of methoxy groups -OCH3 is 1.